The van der Waals surface area contributed by atoms with Crippen molar-refractivity contribution in [2.45, 2.75) is 171 Å². The number of nitrogen functional groups attached to an aromatic ring is 4. The highest BCUT2D eigenvalue weighted by Crippen LogP contribution is 2.34. The van der Waals surface area contributed by atoms with Crippen molar-refractivity contribution in [1.29, 1.82) is 0 Å². The quantitative estimate of drug-likeness (QED) is 0.0229. The van der Waals surface area contributed by atoms with Crippen molar-refractivity contribution >= 4 is 94.5 Å². The molecule has 4 amide bonds. The first kappa shape index (κ1) is 91.0. The largest absolute Gasteiger partial charge is 0.405 e. The number of halogens is 16. The highest BCUT2D eigenvalue weighted by Gasteiger charge is 2.42. The molecule has 6 fully saturated rings. The number of carbonyl (C=O) groups is 4. The fraction of sp³-hybridized carbons (Fsp3) is 0.576. The van der Waals surface area contributed by atoms with Gasteiger partial charge in [0, 0.05) is 77.9 Å². The van der Waals surface area contributed by atoms with E-state index in [1.54, 1.807) is 0 Å². The lowest BCUT2D eigenvalue weighted by Crippen LogP contribution is -2.46. The molecule has 6 aliphatic rings. The van der Waals surface area contributed by atoms with E-state index in [1.807, 2.05) is 42.0 Å². The summed E-state index contributed by atoms with van der Waals surface area (Å²) in [6, 6.07) is -3.64. The molecule has 1 saturated carbocycles. The number of hydrogen-bond donors (Lipinski definition) is 12. The van der Waals surface area contributed by atoms with Crippen molar-refractivity contribution in [1.82, 2.24) is 120 Å². The summed E-state index contributed by atoms with van der Waals surface area (Å²) in [5, 5.41) is 35.9. The van der Waals surface area contributed by atoms with Crippen molar-refractivity contribution in [3.05, 3.63) is 48.1 Å². The van der Waals surface area contributed by atoms with E-state index in [1.165, 1.54) is 19.6 Å². The normalized spacial score (nSPS) is 18.5. The minimum absolute atomic E-state index is 0. The van der Waals surface area contributed by atoms with Gasteiger partial charge in [0.2, 0.25) is 71.2 Å². The summed E-state index contributed by atoms with van der Waals surface area (Å²) in [4.78, 5) is 102. The van der Waals surface area contributed by atoms with Crippen molar-refractivity contribution in [3.8, 4) is 23.8 Å². The highest BCUT2D eigenvalue weighted by molar-refractivity contribution is 5.88. The Morgan fingerprint density at radius 2 is 0.732 bits per heavy atom. The molecule has 5 saturated heterocycles. The first-order valence-corrected chi connectivity index (χ1v) is 38.2. The van der Waals surface area contributed by atoms with Crippen LogP contribution in [0, 0.1) is 23.3 Å². The summed E-state index contributed by atoms with van der Waals surface area (Å²) in [5.74, 6) is -7.10. The molecule has 0 radical (unpaired) electrons. The van der Waals surface area contributed by atoms with E-state index in [0.29, 0.717) is 45.4 Å². The van der Waals surface area contributed by atoms with E-state index >= 15 is 0 Å². The summed E-state index contributed by atoms with van der Waals surface area (Å²) in [6.45, 7) is 2.63. The van der Waals surface area contributed by atoms with Gasteiger partial charge in [-0.3, -0.25) is 19.2 Å². The van der Waals surface area contributed by atoms with Crippen molar-refractivity contribution in [3.63, 3.8) is 0 Å². The van der Waals surface area contributed by atoms with Crippen LogP contribution in [0.4, 0.5) is 141 Å². The van der Waals surface area contributed by atoms with Gasteiger partial charge in [0.1, 0.15) is 50.3 Å². The molecule has 698 valence electrons. The van der Waals surface area contributed by atoms with Crippen LogP contribution in [0.3, 0.4) is 0 Å². The van der Waals surface area contributed by atoms with E-state index in [4.69, 9.17) is 27.7 Å². The molecule has 123 heavy (non-hydrogen) atoms. The second-order valence-corrected chi connectivity index (χ2v) is 28.6. The third-order valence-electron chi connectivity index (χ3n) is 18.7. The number of alkyl halides is 12. The van der Waals surface area contributed by atoms with Gasteiger partial charge in [0.25, 0.3) is 23.8 Å². The number of amides is 4. The van der Waals surface area contributed by atoms with Gasteiger partial charge in [-0.1, -0.05) is 6.92 Å². The van der Waals surface area contributed by atoms with Crippen LogP contribution in [0.5, 0.6) is 0 Å². The average molecular weight is 1790 g/mol. The number of carbonyl (C=O) groups excluding carboxylic acids is 4. The molecule has 1 unspecified atom stereocenters. The summed E-state index contributed by atoms with van der Waals surface area (Å²) < 4.78 is 217. The topological polar surface area (TPSA) is 517 Å². The number of hydrogen-bond acceptors (Lipinski definition) is 33. The van der Waals surface area contributed by atoms with Crippen molar-refractivity contribution in [2.75, 3.05) is 136 Å². The Hall–Kier alpha value is -12.8. The molecule has 5 atom stereocenters. The van der Waals surface area contributed by atoms with E-state index in [-0.39, 0.29) is 185 Å². The molecule has 16 N–H and O–H groups in total. The SMILES string of the molecule is CC(C)Nc1nc(N)n(-c2ncc(F)c(N3CCC[C@@H]3C(=O)NCC(F)(F)F)n2)n1.CCCNc1nc(N)n(-c2ncc(F)c(N3CCC[C@@H]3C(=O)NCC(F)(F)F)n2)n1.Nc1nc(NC2CC2)nn1-c1ncc(F)c(N2CCC[C@@H]2C(=O)NCC(F)(F)F)n1.Nc1nc(NCC2CCCO2)nn1-c1ncc(F)c(N2CCC[C@@H]2C(=O)NCC(F)(F)F)n1.[HH].[HH].[HH].[HH].[HH].[HH].[HH].[HH].[HH].[HH].[HH].[HH].[HH].[HH]. The molecule has 57 heteroatoms. The van der Waals surface area contributed by atoms with Gasteiger partial charge in [0.15, 0.2) is 46.5 Å². The van der Waals surface area contributed by atoms with Gasteiger partial charge in [-0.15, -0.1) is 20.4 Å². The Morgan fingerprint density at radius 3 is 1.02 bits per heavy atom. The standard InChI is InChI=1S/C18H23F4N9O2.C16H19F4N9O.2C16H21F4N9O.14H2/c19-11-8-25-17(31-15(23)28-16(29-31)24-7-10-3-2-6-33-10)27-13(11)30-5-1-4-12(30)14(32)26-9-18(20,21)22;17-9-6-22-15(29-13(21)26-14(27-29)24-8-3-4-8)25-11(9)28-5-1-2-10(28)12(30)23-7-16(18,19)20;1-8(2)24-14-26-13(21)29(27-14)15-22-6-9(17)11(25-15)28-5-3-4-10(28)12(30)23-7-16(18,19)20;1-2-5-22-14-26-13(21)29(27-14)15-23-7-9(17)11(25-15)28-6-3-4-10(28)12(30)24-8-16(18,19)20;;;;;;;;;;;;;;/h8,10,12H,1-7,9H2,(H,26,32)(H3,23,24,28,29);6,8,10H,1-5,7H2,(H,23,30)(H3,21,24,26,27);6,8,10H,3-5,7H2,1-2H3,(H,23,30)(H3,21,24,26,27);7,10H,2-6,8H2,1H3,(H,24,30)(H3,21,22,26,27);14*1H/t10?,12-;3*10-;;;;;;;;;;;;;;/m1111............../s1. The maximum atomic E-state index is 14.6. The second kappa shape index (κ2) is 38.9. The van der Waals surface area contributed by atoms with Crippen LogP contribution in [-0.2, 0) is 23.9 Å². The van der Waals surface area contributed by atoms with Crippen LogP contribution >= 0.6 is 0 Å². The molecule has 14 rings (SSSR count). The van der Waals surface area contributed by atoms with Crippen LogP contribution in [0.25, 0.3) is 23.8 Å². The smallest absolute Gasteiger partial charge is 0.376 e. The van der Waals surface area contributed by atoms with Gasteiger partial charge in [-0.05, 0) is 97.3 Å². The molecule has 5 aliphatic heterocycles. The fourth-order valence-electron chi connectivity index (χ4n) is 13.1. The summed E-state index contributed by atoms with van der Waals surface area (Å²) in [5.41, 5.74) is 23.4. The van der Waals surface area contributed by atoms with E-state index in [2.05, 4.69) is 101 Å². The van der Waals surface area contributed by atoms with Crippen LogP contribution in [0.2, 0.25) is 0 Å². The Labute approximate surface area is 706 Å². The number of nitrogens with zero attached hydrogens (tertiary/aromatic N) is 24. The Kier molecular flexibility index (Phi) is 28.8. The van der Waals surface area contributed by atoms with Gasteiger partial charge < -0.3 is 89.8 Å². The maximum Gasteiger partial charge on any atom is 0.405 e. The lowest BCUT2D eigenvalue weighted by molar-refractivity contribution is -0.139. The van der Waals surface area contributed by atoms with Crippen LogP contribution in [0.15, 0.2) is 24.8 Å². The minimum atomic E-state index is -4.55. The van der Waals surface area contributed by atoms with Gasteiger partial charge in [0.05, 0.1) is 30.9 Å². The molecule has 0 bridgehead atoms. The lowest BCUT2D eigenvalue weighted by atomic mass is 10.2. The maximum absolute atomic E-state index is 14.6. The number of nitrogens with one attached hydrogen (secondary N) is 8. The Morgan fingerprint density at radius 1 is 0.431 bits per heavy atom. The molecular formula is C66H112F16N36O5. The monoisotopic (exact) mass is 1790 g/mol. The van der Waals surface area contributed by atoms with E-state index in [9.17, 15) is 89.4 Å². The zero-order chi connectivity index (χ0) is 89.0. The number of rotatable bonds is 26. The lowest BCUT2D eigenvalue weighted by Gasteiger charge is -2.25. The predicted octanol–water partition coefficient (Wildman–Crippen LogP) is 7.96. The third-order valence-corrected chi connectivity index (χ3v) is 18.7. The van der Waals surface area contributed by atoms with E-state index in [0.717, 1.165) is 75.6 Å². The van der Waals surface area contributed by atoms with Crippen LogP contribution in [-0.4, -0.2) is 262 Å². The second-order valence-electron chi connectivity index (χ2n) is 28.6. The molecule has 1 aliphatic carbocycles. The number of aromatic nitrogens is 20. The van der Waals surface area contributed by atoms with Crippen molar-refractivity contribution in [2.24, 2.45) is 0 Å². The molecular weight excluding hydrogens is 1680 g/mol. The van der Waals surface area contributed by atoms with Crippen LogP contribution < -0.4 is 85.1 Å². The Balaban J connectivity index is -0.000000833. The first-order chi connectivity index (χ1) is 58.2. The van der Waals surface area contributed by atoms with Crippen LogP contribution in [0.1, 0.15) is 124 Å². The summed E-state index contributed by atoms with van der Waals surface area (Å²) >= 11 is 0. The highest BCUT2D eigenvalue weighted by atomic mass is 19.4. The van der Waals surface area contributed by atoms with Gasteiger partial charge >= 0.3 is 24.7 Å². The first-order valence-electron chi connectivity index (χ1n) is 38.2. The summed E-state index contributed by atoms with van der Waals surface area (Å²) in [6.07, 6.45) is -6.85. The number of nitrogens with two attached hydrogens (primary N) is 4. The number of anilines is 12. The molecule has 8 aromatic rings. The molecule has 41 nitrogen and oxygen atoms in total. The number of ether oxygens (including phenoxy) is 1. The average Bonchev–Trinajstić information content (AvgIpc) is 1.68. The zero-order valence-corrected chi connectivity index (χ0v) is 65.5. The van der Waals surface area contributed by atoms with Crippen molar-refractivity contribution < 1.29 is 114 Å². The summed E-state index contributed by atoms with van der Waals surface area (Å²) in [7, 11) is 0. The minimum Gasteiger partial charge on any atom is -0.376 e. The predicted molar refractivity (Wildman–Crippen MR) is 434 cm³/mol. The van der Waals surface area contributed by atoms with E-state index < -0.39 is 122 Å². The molecule has 0 aromatic carbocycles. The molecule has 13 heterocycles. The zero-order valence-electron chi connectivity index (χ0n) is 65.5. The van der Waals surface area contributed by atoms with Gasteiger partial charge in [-0.25, -0.2) is 37.5 Å². The Bertz CT molecular complexity index is 4880. The third kappa shape index (κ3) is 24.5. The molecule has 8 aromatic heterocycles. The van der Waals surface area contributed by atoms with Gasteiger partial charge in [-0.2, -0.15) is 111 Å². The fourth-order valence-corrected chi connectivity index (χ4v) is 13.1. The molecule has 0 spiro atoms.